The number of para-hydroxylation sites is 2. The van der Waals surface area contributed by atoms with Crippen LogP contribution in [0.5, 0.6) is 5.75 Å². The Morgan fingerprint density at radius 2 is 1.63 bits per heavy atom. The van der Waals surface area contributed by atoms with Gasteiger partial charge in [-0.2, -0.15) is 0 Å². The highest BCUT2D eigenvalue weighted by molar-refractivity contribution is 6.16. The quantitative estimate of drug-likeness (QED) is 0.295. The van der Waals surface area contributed by atoms with E-state index in [0.717, 1.165) is 22.4 Å². The van der Waals surface area contributed by atoms with Crippen LogP contribution in [0.15, 0.2) is 78.5 Å². The molecule has 0 aliphatic carbocycles. The summed E-state index contributed by atoms with van der Waals surface area (Å²) >= 11 is 0. The summed E-state index contributed by atoms with van der Waals surface area (Å²) in [5.74, 6) is -1.11. The second kappa shape index (κ2) is 11.9. The maximum atomic E-state index is 12.9. The van der Waals surface area contributed by atoms with E-state index >= 15 is 0 Å². The number of imide groups is 1. The summed E-state index contributed by atoms with van der Waals surface area (Å²) in [7, 11) is 0. The fourth-order valence-electron chi connectivity index (χ4n) is 3.86. The van der Waals surface area contributed by atoms with Crippen LogP contribution in [-0.4, -0.2) is 41.8 Å². The number of hydrogen-bond acceptors (Lipinski definition) is 5. The van der Waals surface area contributed by atoms with Crippen molar-refractivity contribution in [2.45, 2.75) is 20.3 Å². The van der Waals surface area contributed by atoms with Crippen LogP contribution in [0.2, 0.25) is 0 Å². The number of rotatable bonds is 9. The largest absolute Gasteiger partial charge is 0.483 e. The molecule has 1 aliphatic rings. The number of amides is 5. The summed E-state index contributed by atoms with van der Waals surface area (Å²) in [6.07, 6.45) is 2.18. The van der Waals surface area contributed by atoms with Crippen molar-refractivity contribution in [3.8, 4) is 5.75 Å². The molecule has 3 N–H and O–H groups in total. The number of ether oxygens (including phenoxy) is 1. The van der Waals surface area contributed by atoms with Gasteiger partial charge >= 0.3 is 6.03 Å². The maximum Gasteiger partial charge on any atom is 0.329 e. The number of aryl methyl sites for hydroxylation is 2. The van der Waals surface area contributed by atoms with Gasteiger partial charge in [0, 0.05) is 16.9 Å². The van der Waals surface area contributed by atoms with Gasteiger partial charge in [-0.1, -0.05) is 61.0 Å². The Kier molecular flexibility index (Phi) is 8.17. The molecule has 0 radical (unpaired) electrons. The first-order chi connectivity index (χ1) is 18.3. The lowest BCUT2D eigenvalue weighted by Gasteiger charge is -2.13. The number of hydrogen-bond donors (Lipinski definition) is 3. The average Bonchev–Trinajstić information content (AvgIpc) is 3.17. The minimum absolute atomic E-state index is 0.00286. The predicted molar refractivity (Wildman–Crippen MR) is 144 cm³/mol. The third kappa shape index (κ3) is 6.44. The Hall–Kier alpha value is -4.92. The average molecular weight is 513 g/mol. The SMILES string of the molecule is CCc1ccccc1NC(=O)CN1C(=O)N/C(=C/c2ccccc2OCC(=O)Nc2ccc(C)cc2)C1=O. The van der Waals surface area contributed by atoms with Gasteiger partial charge in [0.25, 0.3) is 11.8 Å². The molecular weight excluding hydrogens is 484 g/mol. The smallest absolute Gasteiger partial charge is 0.329 e. The summed E-state index contributed by atoms with van der Waals surface area (Å²) in [5, 5.41) is 8.03. The van der Waals surface area contributed by atoms with E-state index in [2.05, 4.69) is 16.0 Å². The molecule has 3 aromatic carbocycles. The molecule has 9 heteroatoms. The lowest BCUT2D eigenvalue weighted by Crippen LogP contribution is -2.38. The molecule has 0 aromatic heterocycles. The second-order valence-electron chi connectivity index (χ2n) is 8.68. The lowest BCUT2D eigenvalue weighted by molar-refractivity contribution is -0.127. The minimum atomic E-state index is -0.698. The molecule has 3 aromatic rings. The van der Waals surface area contributed by atoms with E-state index in [1.165, 1.54) is 6.08 Å². The fourth-order valence-corrected chi connectivity index (χ4v) is 3.86. The molecule has 194 valence electrons. The van der Waals surface area contributed by atoms with E-state index in [0.29, 0.717) is 22.7 Å². The van der Waals surface area contributed by atoms with Crippen LogP contribution in [0.4, 0.5) is 16.2 Å². The van der Waals surface area contributed by atoms with Crippen molar-refractivity contribution >= 4 is 41.2 Å². The van der Waals surface area contributed by atoms with Crippen LogP contribution in [0.1, 0.15) is 23.6 Å². The van der Waals surface area contributed by atoms with E-state index in [1.54, 1.807) is 48.5 Å². The number of carbonyl (C=O) groups is 4. The highest BCUT2D eigenvalue weighted by atomic mass is 16.5. The lowest BCUT2D eigenvalue weighted by atomic mass is 10.1. The first-order valence-corrected chi connectivity index (χ1v) is 12.1. The highest BCUT2D eigenvalue weighted by Crippen LogP contribution is 2.23. The van der Waals surface area contributed by atoms with Crippen molar-refractivity contribution in [3.63, 3.8) is 0 Å². The van der Waals surface area contributed by atoms with Crippen molar-refractivity contribution in [2.24, 2.45) is 0 Å². The molecule has 5 amide bonds. The monoisotopic (exact) mass is 512 g/mol. The van der Waals surface area contributed by atoms with Gasteiger partial charge < -0.3 is 20.7 Å². The predicted octanol–water partition coefficient (Wildman–Crippen LogP) is 4.11. The zero-order valence-electron chi connectivity index (χ0n) is 21.1. The first kappa shape index (κ1) is 26.2. The molecule has 0 spiro atoms. The Labute approximate surface area is 220 Å². The molecule has 9 nitrogen and oxygen atoms in total. The Morgan fingerprint density at radius 3 is 2.39 bits per heavy atom. The number of nitrogens with one attached hydrogen (secondary N) is 3. The van der Waals surface area contributed by atoms with E-state index in [4.69, 9.17) is 4.74 Å². The van der Waals surface area contributed by atoms with Gasteiger partial charge in [-0.05, 0) is 49.2 Å². The Balaban J connectivity index is 1.40. The van der Waals surface area contributed by atoms with E-state index in [-0.39, 0.29) is 18.2 Å². The molecule has 0 bridgehead atoms. The normalized spacial score (nSPS) is 13.8. The Bertz CT molecular complexity index is 1400. The third-order valence-electron chi connectivity index (χ3n) is 5.85. The van der Waals surface area contributed by atoms with Gasteiger partial charge in [0.1, 0.15) is 18.0 Å². The van der Waals surface area contributed by atoms with E-state index in [9.17, 15) is 19.2 Å². The van der Waals surface area contributed by atoms with Crippen molar-refractivity contribution in [1.29, 1.82) is 0 Å². The van der Waals surface area contributed by atoms with Crippen molar-refractivity contribution in [3.05, 3.63) is 95.2 Å². The van der Waals surface area contributed by atoms with Crippen molar-refractivity contribution < 1.29 is 23.9 Å². The van der Waals surface area contributed by atoms with Crippen LogP contribution in [0.3, 0.4) is 0 Å². The zero-order chi connectivity index (χ0) is 27.1. The van der Waals surface area contributed by atoms with Crippen LogP contribution in [-0.2, 0) is 20.8 Å². The minimum Gasteiger partial charge on any atom is -0.483 e. The summed E-state index contributed by atoms with van der Waals surface area (Å²) in [6, 6.07) is 20.8. The van der Waals surface area contributed by atoms with E-state index in [1.807, 2.05) is 38.1 Å². The zero-order valence-corrected chi connectivity index (χ0v) is 21.1. The van der Waals surface area contributed by atoms with Crippen LogP contribution in [0.25, 0.3) is 6.08 Å². The number of carbonyl (C=O) groups excluding carboxylic acids is 4. The molecular formula is C29H28N4O5. The van der Waals surface area contributed by atoms with Gasteiger partial charge in [-0.25, -0.2) is 9.69 Å². The maximum absolute atomic E-state index is 12.9. The number of anilines is 2. The third-order valence-corrected chi connectivity index (χ3v) is 5.85. The number of urea groups is 1. The Morgan fingerprint density at radius 1 is 0.921 bits per heavy atom. The van der Waals surface area contributed by atoms with Gasteiger partial charge in [0.2, 0.25) is 5.91 Å². The molecule has 1 aliphatic heterocycles. The molecule has 38 heavy (non-hydrogen) atoms. The van der Waals surface area contributed by atoms with Gasteiger partial charge in [0.05, 0.1) is 0 Å². The molecule has 1 fully saturated rings. The van der Waals surface area contributed by atoms with Crippen molar-refractivity contribution in [1.82, 2.24) is 10.2 Å². The topological polar surface area (TPSA) is 117 Å². The van der Waals surface area contributed by atoms with Crippen LogP contribution < -0.4 is 20.7 Å². The summed E-state index contributed by atoms with van der Waals surface area (Å²) in [5.41, 5.74) is 3.81. The molecule has 4 rings (SSSR count). The molecule has 0 saturated carbocycles. The molecule has 1 saturated heterocycles. The van der Waals surface area contributed by atoms with E-state index < -0.39 is 24.4 Å². The summed E-state index contributed by atoms with van der Waals surface area (Å²) in [6.45, 7) is 3.24. The summed E-state index contributed by atoms with van der Waals surface area (Å²) < 4.78 is 5.69. The second-order valence-corrected chi connectivity index (χ2v) is 8.68. The van der Waals surface area contributed by atoms with Crippen molar-refractivity contribution in [2.75, 3.05) is 23.8 Å². The van der Waals surface area contributed by atoms with Gasteiger partial charge in [0.15, 0.2) is 6.61 Å². The number of nitrogens with zero attached hydrogens (tertiary/aromatic N) is 1. The highest BCUT2D eigenvalue weighted by Gasteiger charge is 2.35. The first-order valence-electron chi connectivity index (χ1n) is 12.1. The molecule has 1 heterocycles. The van der Waals surface area contributed by atoms with Crippen LogP contribution in [0, 0.1) is 6.92 Å². The molecule has 0 unspecified atom stereocenters. The fraction of sp³-hybridized carbons (Fsp3) is 0.172. The molecule has 0 atom stereocenters. The van der Waals surface area contributed by atoms with Gasteiger partial charge in [-0.3, -0.25) is 14.4 Å². The van der Waals surface area contributed by atoms with Crippen LogP contribution >= 0.6 is 0 Å². The number of benzene rings is 3. The standard InChI is InChI=1S/C29H28N4O5/c1-3-20-8-4-6-10-23(20)31-26(34)17-33-28(36)24(32-29(33)37)16-21-9-5-7-11-25(21)38-18-27(35)30-22-14-12-19(2)13-15-22/h4-16H,3,17-18H2,1-2H3,(H,30,35)(H,31,34)(H,32,37)/b24-16+. The summed E-state index contributed by atoms with van der Waals surface area (Å²) in [4.78, 5) is 51.2. The van der Waals surface area contributed by atoms with Gasteiger partial charge in [-0.15, -0.1) is 0 Å².